The van der Waals surface area contributed by atoms with Crippen LogP contribution in [-0.2, 0) is 0 Å². The molecule has 0 aromatic heterocycles. The molecule has 0 aromatic rings. The van der Waals surface area contributed by atoms with Crippen LogP contribution in [0.15, 0.2) is 0 Å². The number of alkyl halides is 2. The van der Waals surface area contributed by atoms with E-state index in [-0.39, 0.29) is 13.3 Å². The van der Waals surface area contributed by atoms with Crippen LogP contribution < -0.4 is 0 Å². The molecule has 0 aromatic carbocycles. The van der Waals surface area contributed by atoms with Crippen molar-refractivity contribution in [1.82, 2.24) is 0 Å². The molecule has 0 fully saturated rings. The Hall–Kier alpha value is 0.290. The second-order valence-corrected chi connectivity index (χ2v) is 4.75. The van der Waals surface area contributed by atoms with Crippen molar-refractivity contribution in [2.75, 3.05) is 25.7 Å². The first kappa shape index (κ1) is 13.3. The maximum atomic E-state index is 11.7. The highest BCUT2D eigenvalue weighted by atomic mass is 31.1. The van der Waals surface area contributed by atoms with Crippen molar-refractivity contribution in [3.8, 4) is 0 Å². The average Bonchev–Trinajstić information content (AvgIpc) is 2.16. The van der Waals surface area contributed by atoms with Gasteiger partial charge in [-0.05, 0) is 38.0 Å². The molecular formula is C10H21F2P. The van der Waals surface area contributed by atoms with Gasteiger partial charge in [0, 0.05) is 0 Å². The zero-order valence-corrected chi connectivity index (χ0v) is 9.33. The number of unbranched alkanes of at least 4 members (excludes halogenated alkanes) is 4. The van der Waals surface area contributed by atoms with Gasteiger partial charge in [0.2, 0.25) is 0 Å². The van der Waals surface area contributed by atoms with E-state index in [0.717, 1.165) is 34.3 Å². The molecule has 80 valence electrons. The van der Waals surface area contributed by atoms with E-state index in [1.165, 1.54) is 25.2 Å². The van der Waals surface area contributed by atoms with Gasteiger partial charge >= 0.3 is 0 Å². The van der Waals surface area contributed by atoms with Crippen LogP contribution in [0.4, 0.5) is 8.78 Å². The van der Waals surface area contributed by atoms with Crippen molar-refractivity contribution in [1.29, 1.82) is 0 Å². The van der Waals surface area contributed by atoms with Gasteiger partial charge in [0.15, 0.2) is 0 Å². The fourth-order valence-electron chi connectivity index (χ4n) is 1.17. The van der Waals surface area contributed by atoms with Gasteiger partial charge in [-0.1, -0.05) is 12.8 Å². The summed E-state index contributed by atoms with van der Waals surface area (Å²) in [6.45, 7) is -0.334. The van der Waals surface area contributed by atoms with E-state index in [2.05, 4.69) is 0 Å². The van der Waals surface area contributed by atoms with Gasteiger partial charge in [0.1, 0.15) is 0 Å². The van der Waals surface area contributed by atoms with Crippen LogP contribution in [0, 0.1) is 0 Å². The lowest BCUT2D eigenvalue weighted by Crippen LogP contribution is -1.85. The summed E-state index contributed by atoms with van der Waals surface area (Å²) in [4.78, 5) is 0. The topological polar surface area (TPSA) is 0 Å². The Morgan fingerprint density at radius 1 is 0.615 bits per heavy atom. The Morgan fingerprint density at radius 2 is 1.08 bits per heavy atom. The standard InChI is InChI=1S/C10H21F2P/c11-7-3-1-5-9-13-10-6-2-4-8-12/h13H,1-10H2. The molecule has 13 heavy (non-hydrogen) atoms. The Kier molecular flexibility index (Phi) is 12.6. The summed E-state index contributed by atoms with van der Waals surface area (Å²) in [5.74, 6) is 0. The summed E-state index contributed by atoms with van der Waals surface area (Å²) in [6, 6.07) is 0. The van der Waals surface area contributed by atoms with Crippen molar-refractivity contribution in [3.63, 3.8) is 0 Å². The lowest BCUT2D eigenvalue weighted by Gasteiger charge is -2.00. The van der Waals surface area contributed by atoms with Crippen LogP contribution in [-0.4, -0.2) is 25.7 Å². The molecule has 0 saturated heterocycles. The van der Waals surface area contributed by atoms with Gasteiger partial charge in [-0.2, -0.15) is 0 Å². The van der Waals surface area contributed by atoms with E-state index in [1.807, 2.05) is 0 Å². The highest BCUT2D eigenvalue weighted by Gasteiger charge is 1.91. The summed E-state index contributed by atoms with van der Waals surface area (Å²) >= 11 is 0. The molecule has 0 radical (unpaired) electrons. The largest absolute Gasteiger partial charge is 0.251 e. The predicted octanol–water partition coefficient (Wildman–Crippen LogP) is 3.94. The first-order valence-electron chi connectivity index (χ1n) is 5.24. The van der Waals surface area contributed by atoms with Crippen molar-refractivity contribution in [2.45, 2.75) is 38.5 Å². The minimum atomic E-state index is -0.167. The van der Waals surface area contributed by atoms with Crippen LogP contribution in [0.1, 0.15) is 38.5 Å². The zero-order chi connectivity index (χ0) is 9.78. The van der Waals surface area contributed by atoms with Gasteiger partial charge in [0.05, 0.1) is 13.3 Å². The SMILES string of the molecule is FCCCCCPCCCCCF. The Morgan fingerprint density at radius 3 is 1.46 bits per heavy atom. The van der Waals surface area contributed by atoms with Crippen molar-refractivity contribution in [2.24, 2.45) is 0 Å². The fourth-order valence-corrected chi connectivity index (χ4v) is 2.42. The summed E-state index contributed by atoms with van der Waals surface area (Å²) in [6.07, 6.45) is 8.36. The molecule has 0 spiro atoms. The Bertz CT molecular complexity index is 79.0. The van der Waals surface area contributed by atoms with Crippen molar-refractivity contribution in [3.05, 3.63) is 0 Å². The number of halogens is 2. The third-order valence-electron chi connectivity index (χ3n) is 1.97. The molecule has 3 heteroatoms. The van der Waals surface area contributed by atoms with E-state index < -0.39 is 0 Å². The van der Waals surface area contributed by atoms with E-state index in [9.17, 15) is 8.78 Å². The zero-order valence-electron chi connectivity index (χ0n) is 8.33. The fraction of sp³-hybridized carbons (Fsp3) is 1.00. The molecule has 0 N–H and O–H groups in total. The van der Waals surface area contributed by atoms with Gasteiger partial charge < -0.3 is 0 Å². The molecular weight excluding hydrogens is 189 g/mol. The maximum Gasteiger partial charge on any atom is 0.0894 e. The molecule has 0 aliphatic carbocycles. The smallest absolute Gasteiger partial charge is 0.0894 e. The van der Waals surface area contributed by atoms with Crippen LogP contribution in [0.25, 0.3) is 0 Å². The quantitative estimate of drug-likeness (QED) is 0.378. The summed E-state index contributed by atoms with van der Waals surface area (Å²) in [5, 5.41) is 0. The summed E-state index contributed by atoms with van der Waals surface area (Å²) in [7, 11) is 1.01. The lowest BCUT2D eigenvalue weighted by molar-refractivity contribution is 0.460. The molecule has 0 aliphatic rings. The van der Waals surface area contributed by atoms with E-state index in [0.29, 0.717) is 0 Å². The number of hydrogen-bond donors (Lipinski definition) is 0. The minimum absolute atomic E-state index is 0.167. The minimum Gasteiger partial charge on any atom is -0.251 e. The molecule has 0 atom stereocenters. The second-order valence-electron chi connectivity index (χ2n) is 3.25. The van der Waals surface area contributed by atoms with Gasteiger partial charge in [-0.25, -0.2) is 0 Å². The predicted molar refractivity (Wildman–Crippen MR) is 57.7 cm³/mol. The number of rotatable bonds is 10. The molecule has 0 amide bonds. The van der Waals surface area contributed by atoms with Crippen LogP contribution in [0.5, 0.6) is 0 Å². The van der Waals surface area contributed by atoms with Gasteiger partial charge in [0.25, 0.3) is 0 Å². The average molecular weight is 210 g/mol. The maximum absolute atomic E-state index is 11.7. The normalized spacial score (nSPS) is 10.6. The van der Waals surface area contributed by atoms with Crippen LogP contribution in [0.3, 0.4) is 0 Å². The highest BCUT2D eigenvalue weighted by Crippen LogP contribution is 2.16. The second kappa shape index (κ2) is 12.3. The molecule has 0 aliphatic heterocycles. The summed E-state index contributed by atoms with van der Waals surface area (Å²) in [5.41, 5.74) is 0. The third kappa shape index (κ3) is 12.3. The van der Waals surface area contributed by atoms with Crippen molar-refractivity contribution >= 4 is 8.58 Å². The Balaban J connectivity index is 2.76. The first-order valence-corrected chi connectivity index (χ1v) is 6.66. The molecule has 0 unspecified atom stereocenters. The van der Waals surface area contributed by atoms with Crippen molar-refractivity contribution < 1.29 is 8.78 Å². The van der Waals surface area contributed by atoms with Gasteiger partial charge in [-0.15, -0.1) is 8.58 Å². The molecule has 0 saturated carbocycles. The van der Waals surface area contributed by atoms with E-state index >= 15 is 0 Å². The third-order valence-corrected chi connectivity index (χ3v) is 3.39. The number of hydrogen-bond acceptors (Lipinski definition) is 0. The lowest BCUT2D eigenvalue weighted by atomic mass is 10.3. The molecule has 0 nitrogen and oxygen atoms in total. The molecule has 0 heterocycles. The van der Waals surface area contributed by atoms with E-state index in [1.54, 1.807) is 0 Å². The Labute approximate surface area is 82.3 Å². The van der Waals surface area contributed by atoms with Crippen LogP contribution in [0.2, 0.25) is 0 Å². The molecule has 0 bridgehead atoms. The monoisotopic (exact) mass is 210 g/mol. The van der Waals surface area contributed by atoms with Gasteiger partial charge in [-0.3, -0.25) is 8.78 Å². The molecule has 0 rings (SSSR count). The first-order chi connectivity index (χ1) is 6.41. The van der Waals surface area contributed by atoms with Crippen LogP contribution >= 0.6 is 8.58 Å². The highest BCUT2D eigenvalue weighted by molar-refractivity contribution is 7.37. The van der Waals surface area contributed by atoms with E-state index in [4.69, 9.17) is 0 Å². The summed E-state index contributed by atoms with van der Waals surface area (Å²) < 4.78 is 23.3.